The number of rotatable bonds is 5. The van der Waals surface area contributed by atoms with Crippen LogP contribution in [0.25, 0.3) is 0 Å². The van der Waals surface area contributed by atoms with Crippen molar-refractivity contribution in [3.05, 3.63) is 29.8 Å². The summed E-state index contributed by atoms with van der Waals surface area (Å²) in [5.74, 6) is 0.920. The summed E-state index contributed by atoms with van der Waals surface area (Å²) in [7, 11) is 0. The first-order valence-electron chi connectivity index (χ1n) is 6.03. The molecule has 16 heavy (non-hydrogen) atoms. The van der Waals surface area contributed by atoms with Gasteiger partial charge in [0.15, 0.2) is 0 Å². The fraction of sp³-hybridized carbons (Fsp3) is 0.571. The van der Waals surface area contributed by atoms with Crippen molar-refractivity contribution in [2.24, 2.45) is 5.73 Å². The number of nitrogens with two attached hydrogens (primary N) is 1. The highest BCUT2D eigenvalue weighted by atomic mass is 16.5. The predicted octanol–water partition coefficient (Wildman–Crippen LogP) is 3.66. The van der Waals surface area contributed by atoms with Gasteiger partial charge in [0.2, 0.25) is 0 Å². The van der Waals surface area contributed by atoms with Crippen molar-refractivity contribution in [1.82, 2.24) is 0 Å². The first-order valence-corrected chi connectivity index (χ1v) is 6.03. The molecule has 0 aliphatic heterocycles. The average molecular weight is 221 g/mol. The van der Waals surface area contributed by atoms with Crippen LogP contribution in [0.3, 0.4) is 0 Å². The van der Waals surface area contributed by atoms with Gasteiger partial charge in [-0.3, -0.25) is 0 Å². The molecule has 0 heterocycles. The molecular formula is C14H23NO. The molecule has 1 aromatic carbocycles. The van der Waals surface area contributed by atoms with E-state index in [1.165, 1.54) is 0 Å². The molecule has 0 saturated heterocycles. The van der Waals surface area contributed by atoms with Gasteiger partial charge in [0.25, 0.3) is 0 Å². The van der Waals surface area contributed by atoms with E-state index in [9.17, 15) is 0 Å². The number of ether oxygens (including phenoxy) is 1. The maximum absolute atomic E-state index is 6.08. The van der Waals surface area contributed by atoms with Gasteiger partial charge in [0.05, 0.1) is 0 Å². The third kappa shape index (κ3) is 3.24. The third-order valence-electron chi connectivity index (χ3n) is 3.00. The zero-order chi connectivity index (χ0) is 12.2. The molecule has 0 amide bonds. The third-order valence-corrected chi connectivity index (χ3v) is 3.00. The van der Waals surface area contributed by atoms with Crippen molar-refractivity contribution >= 4 is 0 Å². The van der Waals surface area contributed by atoms with Crippen molar-refractivity contribution < 1.29 is 4.74 Å². The highest BCUT2D eigenvalue weighted by Crippen LogP contribution is 2.29. The summed E-state index contributed by atoms with van der Waals surface area (Å²) < 4.78 is 6.03. The molecule has 0 bridgehead atoms. The zero-order valence-corrected chi connectivity index (χ0v) is 10.8. The van der Waals surface area contributed by atoms with Gasteiger partial charge >= 0.3 is 0 Å². The quantitative estimate of drug-likeness (QED) is 0.823. The largest absolute Gasteiger partial charge is 0.488 e. The molecule has 0 fully saturated rings. The van der Waals surface area contributed by atoms with Gasteiger partial charge in [-0.1, -0.05) is 32.0 Å². The molecule has 0 unspecified atom stereocenters. The summed E-state index contributed by atoms with van der Waals surface area (Å²) in [4.78, 5) is 0. The second kappa shape index (κ2) is 5.35. The Balaban J connectivity index is 2.95. The average Bonchev–Trinajstić information content (AvgIpc) is 2.28. The summed E-state index contributed by atoms with van der Waals surface area (Å²) in [6, 6.07) is 8.12. The van der Waals surface area contributed by atoms with E-state index in [1.54, 1.807) is 0 Å². The van der Waals surface area contributed by atoms with E-state index in [2.05, 4.69) is 33.8 Å². The monoisotopic (exact) mass is 221 g/mol. The molecule has 1 atom stereocenters. The molecule has 90 valence electrons. The first kappa shape index (κ1) is 13.0. The molecule has 2 nitrogen and oxygen atoms in total. The van der Waals surface area contributed by atoms with Crippen LogP contribution in [0.15, 0.2) is 24.3 Å². The Morgan fingerprint density at radius 1 is 1.25 bits per heavy atom. The van der Waals surface area contributed by atoms with Crippen molar-refractivity contribution in [3.63, 3.8) is 0 Å². The van der Waals surface area contributed by atoms with E-state index < -0.39 is 0 Å². The number of hydrogen-bond donors (Lipinski definition) is 1. The fourth-order valence-electron chi connectivity index (χ4n) is 1.47. The van der Waals surface area contributed by atoms with Gasteiger partial charge < -0.3 is 10.5 Å². The summed E-state index contributed by atoms with van der Waals surface area (Å²) in [6.45, 7) is 8.41. The fourth-order valence-corrected chi connectivity index (χ4v) is 1.47. The smallest absolute Gasteiger partial charge is 0.124 e. The molecule has 1 rings (SSSR count). The second-order valence-electron chi connectivity index (χ2n) is 4.77. The Morgan fingerprint density at radius 2 is 1.88 bits per heavy atom. The number of benzene rings is 1. The predicted molar refractivity (Wildman–Crippen MR) is 68.7 cm³/mol. The highest BCUT2D eigenvalue weighted by Gasteiger charge is 2.19. The molecular weight excluding hydrogens is 198 g/mol. The molecule has 0 aliphatic carbocycles. The van der Waals surface area contributed by atoms with E-state index in [-0.39, 0.29) is 11.6 Å². The van der Waals surface area contributed by atoms with Crippen LogP contribution in [0.4, 0.5) is 0 Å². The van der Waals surface area contributed by atoms with E-state index >= 15 is 0 Å². The molecule has 0 aromatic heterocycles. The Bertz CT molecular complexity index is 333. The van der Waals surface area contributed by atoms with Crippen molar-refractivity contribution in [1.29, 1.82) is 0 Å². The van der Waals surface area contributed by atoms with Gasteiger partial charge in [0, 0.05) is 11.6 Å². The van der Waals surface area contributed by atoms with E-state index in [1.807, 2.05) is 18.2 Å². The SMILES string of the molecule is CC[C@H](N)c1ccccc1OC(C)(C)CC. The van der Waals surface area contributed by atoms with E-state index in [0.29, 0.717) is 0 Å². The van der Waals surface area contributed by atoms with Crippen molar-refractivity contribution in [2.45, 2.75) is 52.2 Å². The number of para-hydroxylation sites is 1. The molecule has 0 saturated carbocycles. The maximum Gasteiger partial charge on any atom is 0.124 e. The van der Waals surface area contributed by atoms with Crippen LogP contribution in [0.2, 0.25) is 0 Å². The van der Waals surface area contributed by atoms with Crippen molar-refractivity contribution in [2.75, 3.05) is 0 Å². The van der Waals surface area contributed by atoms with Gasteiger partial charge in [-0.25, -0.2) is 0 Å². The minimum atomic E-state index is -0.135. The second-order valence-corrected chi connectivity index (χ2v) is 4.77. The number of hydrogen-bond acceptors (Lipinski definition) is 2. The lowest BCUT2D eigenvalue weighted by molar-refractivity contribution is 0.103. The lowest BCUT2D eigenvalue weighted by atomic mass is 10.0. The minimum absolute atomic E-state index is 0.0591. The van der Waals surface area contributed by atoms with Crippen LogP contribution in [-0.4, -0.2) is 5.60 Å². The Labute approximate surface area is 98.8 Å². The summed E-state index contributed by atoms with van der Waals surface area (Å²) in [6.07, 6.45) is 1.90. The van der Waals surface area contributed by atoms with Crippen LogP contribution >= 0.6 is 0 Å². The zero-order valence-electron chi connectivity index (χ0n) is 10.8. The van der Waals surface area contributed by atoms with Crippen LogP contribution in [0, 0.1) is 0 Å². The Morgan fingerprint density at radius 3 is 2.44 bits per heavy atom. The highest BCUT2D eigenvalue weighted by molar-refractivity contribution is 5.36. The van der Waals surface area contributed by atoms with Gasteiger partial charge in [0.1, 0.15) is 11.4 Å². The van der Waals surface area contributed by atoms with E-state index in [4.69, 9.17) is 10.5 Å². The molecule has 0 spiro atoms. The van der Waals surface area contributed by atoms with Gasteiger partial charge in [-0.05, 0) is 32.8 Å². The van der Waals surface area contributed by atoms with Crippen LogP contribution < -0.4 is 10.5 Å². The van der Waals surface area contributed by atoms with E-state index in [0.717, 1.165) is 24.2 Å². The topological polar surface area (TPSA) is 35.2 Å². The van der Waals surface area contributed by atoms with Gasteiger partial charge in [-0.15, -0.1) is 0 Å². The first-order chi connectivity index (χ1) is 7.50. The minimum Gasteiger partial charge on any atom is -0.488 e. The van der Waals surface area contributed by atoms with Crippen LogP contribution in [0.5, 0.6) is 5.75 Å². The molecule has 0 radical (unpaired) electrons. The summed E-state index contributed by atoms with van der Waals surface area (Å²) in [5.41, 5.74) is 7.04. The van der Waals surface area contributed by atoms with Crippen LogP contribution in [0.1, 0.15) is 52.1 Å². The molecule has 0 aliphatic rings. The maximum atomic E-state index is 6.08. The molecule has 2 heteroatoms. The van der Waals surface area contributed by atoms with Crippen LogP contribution in [-0.2, 0) is 0 Å². The summed E-state index contributed by atoms with van der Waals surface area (Å²) in [5, 5.41) is 0. The Hall–Kier alpha value is -1.02. The standard InChI is InChI=1S/C14H23NO/c1-5-12(15)11-9-7-8-10-13(11)16-14(3,4)6-2/h7-10,12H,5-6,15H2,1-4H3/t12-/m0/s1. The molecule has 1 aromatic rings. The lowest BCUT2D eigenvalue weighted by Gasteiger charge is -2.27. The van der Waals surface area contributed by atoms with Gasteiger partial charge in [-0.2, -0.15) is 0 Å². The molecule has 2 N–H and O–H groups in total. The Kier molecular flexibility index (Phi) is 4.36. The normalized spacial score (nSPS) is 13.6. The lowest BCUT2D eigenvalue weighted by Crippen LogP contribution is -2.28. The summed E-state index contributed by atoms with van der Waals surface area (Å²) >= 11 is 0. The van der Waals surface area contributed by atoms with Crippen molar-refractivity contribution in [3.8, 4) is 5.75 Å².